The predicted octanol–water partition coefficient (Wildman–Crippen LogP) is 1.54. The summed E-state index contributed by atoms with van der Waals surface area (Å²) >= 11 is 0. The van der Waals surface area contributed by atoms with Crippen molar-refractivity contribution < 1.29 is 13.2 Å². The van der Waals surface area contributed by atoms with E-state index in [1.165, 1.54) is 12.1 Å². The highest BCUT2D eigenvalue weighted by molar-refractivity contribution is 7.90. The summed E-state index contributed by atoms with van der Waals surface area (Å²) in [5.74, 6) is 0. The average Bonchev–Trinajstić information content (AvgIpc) is 2.40. The van der Waals surface area contributed by atoms with Crippen LogP contribution in [0.3, 0.4) is 0 Å². The van der Waals surface area contributed by atoms with Gasteiger partial charge in [0, 0.05) is 25.3 Å². The molecule has 0 aliphatic carbocycles. The van der Waals surface area contributed by atoms with E-state index in [2.05, 4.69) is 10.2 Å². The minimum Gasteiger partial charge on any atom is -0.372 e. The van der Waals surface area contributed by atoms with Gasteiger partial charge in [0.1, 0.15) is 0 Å². The van der Waals surface area contributed by atoms with Gasteiger partial charge in [-0.05, 0) is 45.0 Å². The van der Waals surface area contributed by atoms with Crippen LogP contribution in [0.15, 0.2) is 29.2 Å². The number of hydrogen-bond donors (Lipinski definition) is 2. The summed E-state index contributed by atoms with van der Waals surface area (Å²) in [7, 11) is -3.82. The number of sulfonamides is 1. The lowest BCUT2D eigenvalue weighted by Crippen LogP contribution is -2.39. The molecular formula is C13H21N3O3S. The highest BCUT2D eigenvalue weighted by atomic mass is 32.2. The number of hydrogen-bond acceptors (Lipinski definition) is 4. The standard InChI is InChI=1S/C13H21N3O3S/c1-4-14-13(17)15-20(18,19)12-9-7-11(8-10-12)16(5-2)6-3/h7-10H,4-6H2,1-3H3,(H2,14,15,17). The van der Waals surface area contributed by atoms with E-state index in [4.69, 9.17) is 0 Å². The molecule has 0 unspecified atom stereocenters. The molecule has 0 aromatic heterocycles. The van der Waals surface area contributed by atoms with Crippen LogP contribution >= 0.6 is 0 Å². The lowest BCUT2D eigenvalue weighted by Gasteiger charge is -2.21. The van der Waals surface area contributed by atoms with Crippen molar-refractivity contribution in [3.05, 3.63) is 24.3 Å². The Labute approximate surface area is 120 Å². The number of urea groups is 1. The highest BCUT2D eigenvalue weighted by Crippen LogP contribution is 2.17. The van der Waals surface area contributed by atoms with Gasteiger partial charge in [0.05, 0.1) is 4.90 Å². The molecular weight excluding hydrogens is 278 g/mol. The summed E-state index contributed by atoms with van der Waals surface area (Å²) in [5, 5.41) is 2.38. The normalized spacial score (nSPS) is 10.9. The van der Waals surface area contributed by atoms with Gasteiger partial charge in [-0.3, -0.25) is 0 Å². The van der Waals surface area contributed by atoms with E-state index >= 15 is 0 Å². The Hall–Kier alpha value is -1.76. The average molecular weight is 299 g/mol. The smallest absolute Gasteiger partial charge is 0.328 e. The monoisotopic (exact) mass is 299 g/mol. The number of benzene rings is 1. The Balaban J connectivity index is 2.89. The van der Waals surface area contributed by atoms with E-state index in [-0.39, 0.29) is 4.90 Å². The van der Waals surface area contributed by atoms with Gasteiger partial charge in [0.2, 0.25) is 0 Å². The van der Waals surface area contributed by atoms with Crippen molar-refractivity contribution in [3.63, 3.8) is 0 Å². The number of rotatable bonds is 6. The van der Waals surface area contributed by atoms with Gasteiger partial charge < -0.3 is 10.2 Å². The molecule has 0 heterocycles. The van der Waals surface area contributed by atoms with Crippen molar-refractivity contribution in [2.45, 2.75) is 25.7 Å². The molecule has 0 spiro atoms. The van der Waals surface area contributed by atoms with Crippen molar-refractivity contribution in [1.29, 1.82) is 0 Å². The van der Waals surface area contributed by atoms with Gasteiger partial charge in [-0.15, -0.1) is 0 Å². The predicted molar refractivity (Wildman–Crippen MR) is 79.4 cm³/mol. The molecule has 0 radical (unpaired) electrons. The number of carbonyl (C=O) groups excluding carboxylic acids is 1. The quantitative estimate of drug-likeness (QED) is 0.835. The van der Waals surface area contributed by atoms with E-state index in [1.807, 2.05) is 18.6 Å². The van der Waals surface area contributed by atoms with Gasteiger partial charge in [-0.25, -0.2) is 17.9 Å². The van der Waals surface area contributed by atoms with E-state index in [1.54, 1.807) is 19.1 Å². The van der Waals surface area contributed by atoms with E-state index in [0.717, 1.165) is 18.8 Å². The Bertz CT molecular complexity index is 536. The van der Waals surface area contributed by atoms with Gasteiger partial charge in [0.25, 0.3) is 10.0 Å². The number of anilines is 1. The molecule has 112 valence electrons. The second kappa shape index (κ2) is 7.14. The molecule has 0 atom stereocenters. The maximum Gasteiger partial charge on any atom is 0.328 e. The minimum absolute atomic E-state index is 0.0691. The first-order chi connectivity index (χ1) is 9.44. The first kappa shape index (κ1) is 16.3. The number of nitrogens with one attached hydrogen (secondary N) is 2. The fourth-order valence-corrected chi connectivity index (χ4v) is 2.73. The fraction of sp³-hybridized carbons (Fsp3) is 0.462. The molecule has 7 heteroatoms. The second-order valence-electron chi connectivity index (χ2n) is 4.13. The summed E-state index contributed by atoms with van der Waals surface area (Å²) in [4.78, 5) is 13.5. The molecule has 0 aliphatic heterocycles. The first-order valence-corrected chi connectivity index (χ1v) is 8.08. The van der Waals surface area contributed by atoms with Crippen molar-refractivity contribution in [3.8, 4) is 0 Å². The fourth-order valence-electron chi connectivity index (χ4n) is 1.80. The number of carbonyl (C=O) groups is 1. The zero-order valence-corrected chi connectivity index (χ0v) is 12.8. The molecule has 0 saturated heterocycles. The minimum atomic E-state index is -3.82. The lowest BCUT2D eigenvalue weighted by molar-refractivity contribution is 0.246. The topological polar surface area (TPSA) is 78.5 Å². The molecule has 1 aromatic rings. The van der Waals surface area contributed by atoms with Gasteiger partial charge in [-0.2, -0.15) is 0 Å². The molecule has 0 bridgehead atoms. The van der Waals surface area contributed by atoms with E-state index in [9.17, 15) is 13.2 Å². The van der Waals surface area contributed by atoms with Crippen LogP contribution in [0, 0.1) is 0 Å². The summed E-state index contributed by atoms with van der Waals surface area (Å²) in [6, 6.07) is 5.74. The van der Waals surface area contributed by atoms with Gasteiger partial charge >= 0.3 is 6.03 Å². The SMILES string of the molecule is CCNC(=O)NS(=O)(=O)c1ccc(N(CC)CC)cc1. The molecule has 2 N–H and O–H groups in total. The Morgan fingerprint density at radius 2 is 1.65 bits per heavy atom. The highest BCUT2D eigenvalue weighted by Gasteiger charge is 2.17. The van der Waals surface area contributed by atoms with Crippen molar-refractivity contribution in [1.82, 2.24) is 10.0 Å². The van der Waals surface area contributed by atoms with Crippen LogP contribution in [-0.4, -0.2) is 34.1 Å². The second-order valence-corrected chi connectivity index (χ2v) is 5.81. The zero-order valence-electron chi connectivity index (χ0n) is 12.0. The van der Waals surface area contributed by atoms with Crippen LogP contribution in [-0.2, 0) is 10.0 Å². The van der Waals surface area contributed by atoms with Gasteiger partial charge in [-0.1, -0.05) is 0 Å². The van der Waals surface area contributed by atoms with Crippen LogP contribution in [0.4, 0.5) is 10.5 Å². The maximum atomic E-state index is 12.0. The first-order valence-electron chi connectivity index (χ1n) is 6.60. The van der Waals surface area contributed by atoms with Gasteiger partial charge in [0.15, 0.2) is 0 Å². The van der Waals surface area contributed by atoms with Crippen LogP contribution in [0.1, 0.15) is 20.8 Å². The van der Waals surface area contributed by atoms with Crippen LogP contribution in [0.25, 0.3) is 0 Å². The summed E-state index contributed by atoms with van der Waals surface area (Å²) in [6.45, 7) is 7.84. The molecule has 0 aliphatic rings. The third-order valence-corrected chi connectivity index (χ3v) is 4.19. The molecule has 0 fully saturated rings. The Kier molecular flexibility index (Phi) is 5.82. The molecule has 2 amide bonds. The van der Waals surface area contributed by atoms with Crippen LogP contribution < -0.4 is 14.9 Å². The van der Waals surface area contributed by atoms with Crippen molar-refractivity contribution >= 4 is 21.7 Å². The molecule has 6 nitrogen and oxygen atoms in total. The third kappa shape index (κ3) is 4.12. The van der Waals surface area contributed by atoms with Crippen molar-refractivity contribution in [2.75, 3.05) is 24.5 Å². The lowest BCUT2D eigenvalue weighted by atomic mass is 10.3. The van der Waals surface area contributed by atoms with Crippen LogP contribution in [0.5, 0.6) is 0 Å². The number of nitrogens with zero attached hydrogens (tertiary/aromatic N) is 1. The number of amides is 2. The van der Waals surface area contributed by atoms with E-state index < -0.39 is 16.1 Å². The largest absolute Gasteiger partial charge is 0.372 e. The van der Waals surface area contributed by atoms with Crippen LogP contribution in [0.2, 0.25) is 0 Å². The molecule has 1 rings (SSSR count). The molecule has 1 aromatic carbocycles. The maximum absolute atomic E-state index is 12.0. The third-order valence-electron chi connectivity index (χ3n) is 2.84. The molecule has 0 saturated carbocycles. The Morgan fingerprint density at radius 3 is 2.10 bits per heavy atom. The summed E-state index contributed by atoms with van der Waals surface area (Å²) in [6.07, 6.45) is 0. The Morgan fingerprint density at radius 1 is 1.10 bits per heavy atom. The van der Waals surface area contributed by atoms with E-state index in [0.29, 0.717) is 6.54 Å². The summed E-state index contributed by atoms with van der Waals surface area (Å²) in [5.41, 5.74) is 0.951. The van der Waals surface area contributed by atoms with Crippen molar-refractivity contribution in [2.24, 2.45) is 0 Å². The summed E-state index contributed by atoms with van der Waals surface area (Å²) < 4.78 is 25.9. The molecule has 20 heavy (non-hydrogen) atoms. The zero-order chi connectivity index (χ0) is 15.2.